The number of fused-ring (bicyclic) bond motifs is 1. The molecule has 0 spiro atoms. The van der Waals surface area contributed by atoms with Crippen molar-refractivity contribution in [2.75, 3.05) is 6.61 Å². The van der Waals surface area contributed by atoms with E-state index in [1.165, 1.54) is 34.1 Å². The highest BCUT2D eigenvalue weighted by Gasteiger charge is 2.35. The summed E-state index contributed by atoms with van der Waals surface area (Å²) in [5.41, 5.74) is -0.0517. The Hall–Kier alpha value is -3.69. The van der Waals surface area contributed by atoms with Gasteiger partial charge in [-0.3, -0.25) is 4.79 Å². The van der Waals surface area contributed by atoms with Gasteiger partial charge in [0, 0.05) is 11.6 Å². The Labute approximate surface area is 228 Å². The highest BCUT2D eigenvalue weighted by atomic mass is 35.5. The molecule has 0 N–H and O–H groups in total. The molecule has 200 valence electrons. The van der Waals surface area contributed by atoms with Gasteiger partial charge in [-0.05, 0) is 65.2 Å². The van der Waals surface area contributed by atoms with Crippen LogP contribution >= 0.6 is 22.9 Å². The van der Waals surface area contributed by atoms with Crippen LogP contribution in [-0.2, 0) is 12.7 Å². The zero-order valence-electron chi connectivity index (χ0n) is 20.3. The van der Waals surface area contributed by atoms with Gasteiger partial charge in [0.05, 0.1) is 39.7 Å². The van der Waals surface area contributed by atoms with Crippen LogP contribution in [0.5, 0.6) is 5.75 Å². The molecule has 0 amide bonds. The molecule has 5 rings (SSSR count). The second kappa shape index (κ2) is 10.5. The Morgan fingerprint density at radius 1 is 0.974 bits per heavy atom. The first-order valence-electron chi connectivity index (χ1n) is 11.8. The van der Waals surface area contributed by atoms with E-state index in [0.717, 1.165) is 18.2 Å². The summed E-state index contributed by atoms with van der Waals surface area (Å²) in [6, 6.07) is 15.3. The number of benzene rings is 3. The van der Waals surface area contributed by atoms with Crippen LogP contribution in [0, 0.1) is 11.6 Å². The van der Waals surface area contributed by atoms with Crippen molar-refractivity contribution >= 4 is 33.7 Å². The number of hydrogen-bond acceptors (Lipinski definition) is 3. The zero-order valence-corrected chi connectivity index (χ0v) is 21.9. The summed E-state index contributed by atoms with van der Waals surface area (Å²) in [6.45, 7) is 1.48. The lowest BCUT2D eigenvalue weighted by atomic mass is 10.0. The monoisotopic (exact) mass is 575 g/mol. The fraction of sp³-hybridized carbons (Fsp3) is 0.138. The second-order valence-electron chi connectivity index (χ2n) is 8.70. The van der Waals surface area contributed by atoms with E-state index in [-0.39, 0.29) is 34.9 Å². The Morgan fingerprint density at radius 2 is 1.77 bits per heavy atom. The summed E-state index contributed by atoms with van der Waals surface area (Å²) >= 11 is 7.54. The molecule has 0 aliphatic rings. The molecular formula is C29H19ClF5NO2S. The topological polar surface area (TPSA) is 31.2 Å². The van der Waals surface area contributed by atoms with Crippen LogP contribution in [-0.4, -0.2) is 11.2 Å². The van der Waals surface area contributed by atoms with Crippen molar-refractivity contribution in [2.45, 2.75) is 19.6 Å². The lowest BCUT2D eigenvalue weighted by Crippen LogP contribution is -2.23. The Kier molecular flexibility index (Phi) is 7.22. The number of hydrogen-bond donors (Lipinski definition) is 0. The minimum atomic E-state index is -4.61. The van der Waals surface area contributed by atoms with E-state index in [4.69, 9.17) is 16.3 Å². The Morgan fingerprint density at radius 3 is 2.49 bits per heavy atom. The van der Waals surface area contributed by atoms with Crippen LogP contribution in [0.3, 0.4) is 0 Å². The minimum Gasteiger partial charge on any atom is -0.493 e. The number of nitrogens with zero attached hydrogens (tertiary/aromatic N) is 1. The molecule has 3 nitrogen and oxygen atoms in total. The van der Waals surface area contributed by atoms with E-state index < -0.39 is 28.9 Å². The molecule has 0 atom stereocenters. The predicted octanol–water partition coefficient (Wildman–Crippen LogP) is 8.79. The van der Waals surface area contributed by atoms with Crippen LogP contribution in [0.2, 0.25) is 5.02 Å². The third-order valence-electron chi connectivity index (χ3n) is 6.20. The first kappa shape index (κ1) is 26.9. The molecule has 0 saturated carbocycles. The van der Waals surface area contributed by atoms with Crippen molar-refractivity contribution in [3.8, 4) is 27.4 Å². The molecule has 0 bridgehead atoms. The van der Waals surface area contributed by atoms with E-state index in [1.54, 1.807) is 42.6 Å². The zero-order chi connectivity index (χ0) is 27.9. The number of rotatable bonds is 6. The van der Waals surface area contributed by atoms with Gasteiger partial charge < -0.3 is 9.30 Å². The van der Waals surface area contributed by atoms with Gasteiger partial charge in [0.15, 0.2) is 0 Å². The van der Waals surface area contributed by atoms with Crippen molar-refractivity contribution in [3.63, 3.8) is 0 Å². The number of ether oxygens (including phenoxy) is 1. The van der Waals surface area contributed by atoms with Gasteiger partial charge in [-0.25, -0.2) is 8.78 Å². The van der Waals surface area contributed by atoms with E-state index >= 15 is 0 Å². The molecule has 2 aromatic heterocycles. The average molecular weight is 576 g/mol. The maximum absolute atomic E-state index is 14.6. The first-order chi connectivity index (χ1) is 18.6. The summed E-state index contributed by atoms with van der Waals surface area (Å²) in [5.74, 6) is -1.82. The summed E-state index contributed by atoms with van der Waals surface area (Å²) < 4.78 is 75.7. The number of thiophene rings is 1. The van der Waals surface area contributed by atoms with E-state index in [9.17, 15) is 26.7 Å². The van der Waals surface area contributed by atoms with Gasteiger partial charge >= 0.3 is 6.18 Å². The Balaban J connectivity index is 1.66. The molecule has 0 aliphatic heterocycles. The molecule has 0 saturated heterocycles. The summed E-state index contributed by atoms with van der Waals surface area (Å²) in [4.78, 5) is 14.2. The maximum atomic E-state index is 14.6. The Bertz CT molecular complexity index is 1760. The quantitative estimate of drug-likeness (QED) is 0.189. The number of pyridine rings is 1. The van der Waals surface area contributed by atoms with Crippen LogP contribution in [0.4, 0.5) is 22.0 Å². The van der Waals surface area contributed by atoms with Crippen LogP contribution in [0.1, 0.15) is 18.1 Å². The van der Waals surface area contributed by atoms with Crippen molar-refractivity contribution in [3.05, 3.63) is 110 Å². The van der Waals surface area contributed by atoms with Gasteiger partial charge in [-0.1, -0.05) is 35.9 Å². The molecule has 3 aromatic carbocycles. The van der Waals surface area contributed by atoms with Crippen molar-refractivity contribution in [2.24, 2.45) is 0 Å². The molecule has 0 aliphatic carbocycles. The minimum absolute atomic E-state index is 0.0865. The van der Waals surface area contributed by atoms with Crippen LogP contribution < -0.4 is 10.3 Å². The fourth-order valence-corrected chi connectivity index (χ4v) is 5.58. The molecular weight excluding hydrogens is 557 g/mol. The lowest BCUT2D eigenvalue weighted by Gasteiger charge is -2.15. The van der Waals surface area contributed by atoms with Gasteiger partial charge in [0.25, 0.3) is 5.56 Å². The molecule has 0 radical (unpaired) electrons. The van der Waals surface area contributed by atoms with Gasteiger partial charge in [0.1, 0.15) is 17.4 Å². The highest BCUT2D eigenvalue weighted by Crippen LogP contribution is 2.41. The largest absolute Gasteiger partial charge is 0.493 e. The predicted molar refractivity (Wildman–Crippen MR) is 144 cm³/mol. The lowest BCUT2D eigenvalue weighted by molar-refractivity contribution is -0.138. The number of halogens is 6. The van der Waals surface area contributed by atoms with Crippen LogP contribution in [0.25, 0.3) is 32.5 Å². The molecule has 0 fully saturated rings. The van der Waals surface area contributed by atoms with Gasteiger partial charge in [-0.15, -0.1) is 11.3 Å². The normalized spacial score (nSPS) is 11.8. The smallest absolute Gasteiger partial charge is 0.419 e. The molecule has 2 heterocycles. The first-order valence-corrected chi connectivity index (χ1v) is 13.0. The number of aromatic nitrogens is 1. The van der Waals surface area contributed by atoms with Crippen molar-refractivity contribution in [1.29, 1.82) is 0 Å². The molecule has 10 heteroatoms. The third kappa shape index (κ3) is 5.29. The standard InChI is InChI=1S/C29H19ClF5NO2S/c1-2-38-25-9-7-16(10-21(25)29(33,34)35)19-12-26(39-15-19)24-11-17-4-3-5-22(30)27(17)28(37)36(24)14-18-6-8-20(31)13-23(18)32/h3-13,15H,2,14H2,1H3. The van der Waals surface area contributed by atoms with Gasteiger partial charge in [0.2, 0.25) is 0 Å². The highest BCUT2D eigenvalue weighted by molar-refractivity contribution is 7.14. The third-order valence-corrected chi connectivity index (χ3v) is 7.47. The molecule has 0 unspecified atom stereocenters. The second-order valence-corrected chi connectivity index (χ2v) is 10.0. The van der Waals surface area contributed by atoms with E-state index in [0.29, 0.717) is 27.1 Å². The van der Waals surface area contributed by atoms with Crippen LogP contribution in [0.15, 0.2) is 76.9 Å². The summed E-state index contributed by atoms with van der Waals surface area (Å²) in [7, 11) is 0. The SMILES string of the molecule is CCOc1ccc(-c2csc(-c3cc4cccc(Cl)c4c(=O)n3Cc3ccc(F)cc3F)c2)cc1C(F)(F)F. The average Bonchev–Trinajstić information content (AvgIpc) is 3.37. The number of alkyl halides is 3. The molecule has 5 aromatic rings. The summed E-state index contributed by atoms with van der Waals surface area (Å²) in [6.07, 6.45) is -4.61. The molecule has 39 heavy (non-hydrogen) atoms. The summed E-state index contributed by atoms with van der Waals surface area (Å²) in [5, 5.41) is 2.69. The van der Waals surface area contributed by atoms with E-state index in [1.807, 2.05) is 0 Å². The van der Waals surface area contributed by atoms with Crippen molar-refractivity contribution < 1.29 is 26.7 Å². The van der Waals surface area contributed by atoms with Gasteiger partial charge in [-0.2, -0.15) is 13.2 Å². The fourth-order valence-electron chi connectivity index (χ4n) is 4.37. The van der Waals surface area contributed by atoms with Crippen molar-refractivity contribution in [1.82, 2.24) is 4.57 Å². The van der Waals surface area contributed by atoms with E-state index in [2.05, 4.69) is 0 Å². The maximum Gasteiger partial charge on any atom is 0.419 e.